The number of nitrogens with zero attached hydrogens (tertiary/aromatic N) is 2. The van der Waals surface area contributed by atoms with Crippen LogP contribution in [0.25, 0.3) is 0 Å². The Bertz CT molecular complexity index is 709. The molecule has 1 amide bonds. The number of anilines is 1. The van der Waals surface area contributed by atoms with Crippen LogP contribution >= 0.6 is 12.2 Å². The summed E-state index contributed by atoms with van der Waals surface area (Å²) in [5, 5.41) is 6.82. The SMILES string of the molecule is COc1ccc(C)cc1C(=O)Nc1c(C(N)=S)cnn1C. The zero-order valence-corrected chi connectivity index (χ0v) is 12.8. The number of benzene rings is 1. The molecule has 0 bridgehead atoms. The zero-order chi connectivity index (χ0) is 15.6. The largest absolute Gasteiger partial charge is 0.496 e. The van der Waals surface area contributed by atoms with Crippen molar-refractivity contribution in [2.45, 2.75) is 6.92 Å². The van der Waals surface area contributed by atoms with Crippen LogP contribution in [-0.4, -0.2) is 27.8 Å². The molecule has 0 saturated heterocycles. The monoisotopic (exact) mass is 304 g/mol. The molecule has 6 nitrogen and oxygen atoms in total. The molecule has 0 saturated carbocycles. The summed E-state index contributed by atoms with van der Waals surface area (Å²) >= 11 is 4.95. The van der Waals surface area contributed by atoms with E-state index in [1.807, 2.05) is 13.0 Å². The summed E-state index contributed by atoms with van der Waals surface area (Å²) in [6.45, 7) is 1.90. The highest BCUT2D eigenvalue weighted by Crippen LogP contribution is 2.22. The molecule has 1 heterocycles. The van der Waals surface area contributed by atoms with Crippen molar-refractivity contribution >= 4 is 28.9 Å². The first-order chi connectivity index (χ1) is 9.93. The van der Waals surface area contributed by atoms with Gasteiger partial charge in [0.2, 0.25) is 0 Å². The van der Waals surface area contributed by atoms with E-state index in [0.29, 0.717) is 22.7 Å². The number of nitrogens with one attached hydrogen (secondary N) is 1. The van der Waals surface area contributed by atoms with E-state index in [1.165, 1.54) is 18.0 Å². The maximum atomic E-state index is 12.5. The summed E-state index contributed by atoms with van der Waals surface area (Å²) in [6, 6.07) is 5.38. The van der Waals surface area contributed by atoms with Crippen molar-refractivity contribution in [1.29, 1.82) is 0 Å². The maximum Gasteiger partial charge on any atom is 0.260 e. The Morgan fingerprint density at radius 2 is 2.14 bits per heavy atom. The average molecular weight is 304 g/mol. The molecule has 0 aliphatic carbocycles. The van der Waals surface area contributed by atoms with E-state index in [2.05, 4.69) is 10.4 Å². The van der Waals surface area contributed by atoms with Crippen LogP contribution in [0.5, 0.6) is 5.75 Å². The number of hydrogen-bond donors (Lipinski definition) is 2. The normalized spacial score (nSPS) is 10.2. The molecule has 1 aromatic carbocycles. The van der Waals surface area contributed by atoms with Gasteiger partial charge in [0.1, 0.15) is 16.6 Å². The molecule has 0 unspecified atom stereocenters. The highest BCUT2D eigenvalue weighted by molar-refractivity contribution is 7.80. The minimum absolute atomic E-state index is 0.176. The second kappa shape index (κ2) is 5.92. The first-order valence-electron chi connectivity index (χ1n) is 6.22. The number of carbonyl (C=O) groups is 1. The predicted octanol–water partition coefficient (Wildman–Crippen LogP) is 1.62. The number of aryl methyl sites for hydroxylation is 2. The standard InChI is InChI=1S/C14H16N4O2S/c1-8-4-5-11(20-3)9(6-8)14(19)17-13-10(12(15)21)7-16-18(13)2/h4-7H,1-3H3,(H2,15,21)(H,17,19). The molecule has 2 aromatic rings. The number of aromatic nitrogens is 2. The lowest BCUT2D eigenvalue weighted by Crippen LogP contribution is -2.19. The van der Waals surface area contributed by atoms with E-state index in [4.69, 9.17) is 22.7 Å². The fraction of sp³-hybridized carbons (Fsp3) is 0.214. The fourth-order valence-electron chi connectivity index (χ4n) is 1.94. The molecule has 110 valence electrons. The minimum Gasteiger partial charge on any atom is -0.496 e. The van der Waals surface area contributed by atoms with E-state index < -0.39 is 0 Å². The fourth-order valence-corrected chi connectivity index (χ4v) is 2.09. The third kappa shape index (κ3) is 3.03. The Morgan fingerprint density at radius 1 is 1.43 bits per heavy atom. The van der Waals surface area contributed by atoms with E-state index in [9.17, 15) is 4.79 Å². The second-order valence-corrected chi connectivity index (χ2v) is 4.99. The van der Waals surface area contributed by atoms with Gasteiger partial charge in [0.15, 0.2) is 0 Å². The van der Waals surface area contributed by atoms with Crippen LogP contribution in [-0.2, 0) is 7.05 Å². The average Bonchev–Trinajstić information content (AvgIpc) is 2.80. The number of ether oxygens (including phenoxy) is 1. The molecule has 21 heavy (non-hydrogen) atoms. The molecule has 0 aliphatic heterocycles. The van der Waals surface area contributed by atoms with Gasteiger partial charge in [0.05, 0.1) is 24.4 Å². The molecule has 7 heteroatoms. The van der Waals surface area contributed by atoms with Crippen molar-refractivity contribution < 1.29 is 9.53 Å². The Morgan fingerprint density at radius 3 is 2.76 bits per heavy atom. The lowest BCUT2D eigenvalue weighted by atomic mass is 10.1. The van der Waals surface area contributed by atoms with Gasteiger partial charge in [-0.2, -0.15) is 5.10 Å². The van der Waals surface area contributed by atoms with Crippen LogP contribution in [0, 0.1) is 6.92 Å². The molecule has 0 radical (unpaired) electrons. The molecular weight excluding hydrogens is 288 g/mol. The molecule has 0 fully saturated rings. The number of nitrogens with two attached hydrogens (primary N) is 1. The number of rotatable bonds is 4. The van der Waals surface area contributed by atoms with Crippen LogP contribution in [0.4, 0.5) is 5.82 Å². The van der Waals surface area contributed by atoms with Crippen LogP contribution in [0.1, 0.15) is 21.5 Å². The third-order valence-corrected chi connectivity index (χ3v) is 3.26. The Kier molecular flexibility index (Phi) is 4.23. The van der Waals surface area contributed by atoms with E-state index >= 15 is 0 Å². The number of thiocarbonyl (C=S) groups is 1. The molecule has 0 aliphatic rings. The van der Waals surface area contributed by atoms with E-state index in [1.54, 1.807) is 19.2 Å². The molecule has 0 atom stereocenters. The Hall–Kier alpha value is -2.41. The highest BCUT2D eigenvalue weighted by atomic mass is 32.1. The van der Waals surface area contributed by atoms with Crippen molar-refractivity contribution in [3.8, 4) is 5.75 Å². The van der Waals surface area contributed by atoms with Gasteiger partial charge in [-0.3, -0.25) is 9.48 Å². The minimum atomic E-state index is -0.309. The van der Waals surface area contributed by atoms with E-state index in [0.717, 1.165) is 5.56 Å². The smallest absolute Gasteiger partial charge is 0.260 e. The Balaban J connectivity index is 2.37. The summed E-state index contributed by atoms with van der Waals surface area (Å²) in [7, 11) is 3.22. The second-order valence-electron chi connectivity index (χ2n) is 4.55. The molecular formula is C14H16N4O2S. The highest BCUT2D eigenvalue weighted by Gasteiger charge is 2.17. The lowest BCUT2D eigenvalue weighted by Gasteiger charge is -2.11. The Labute approximate surface area is 127 Å². The zero-order valence-electron chi connectivity index (χ0n) is 12.0. The summed E-state index contributed by atoms with van der Waals surface area (Å²) in [5.41, 5.74) is 7.54. The van der Waals surface area contributed by atoms with Crippen molar-refractivity contribution in [3.63, 3.8) is 0 Å². The van der Waals surface area contributed by atoms with Gasteiger partial charge in [0, 0.05) is 7.05 Å². The van der Waals surface area contributed by atoms with Gasteiger partial charge in [-0.15, -0.1) is 0 Å². The molecule has 0 spiro atoms. The first-order valence-corrected chi connectivity index (χ1v) is 6.62. The van der Waals surface area contributed by atoms with Gasteiger partial charge in [0.25, 0.3) is 5.91 Å². The van der Waals surface area contributed by atoms with Gasteiger partial charge >= 0.3 is 0 Å². The summed E-state index contributed by atoms with van der Waals surface area (Å²) < 4.78 is 6.72. The van der Waals surface area contributed by atoms with Crippen LogP contribution in [0.3, 0.4) is 0 Å². The number of hydrogen-bond acceptors (Lipinski definition) is 4. The third-order valence-electron chi connectivity index (χ3n) is 3.04. The summed E-state index contributed by atoms with van der Waals surface area (Å²) in [4.78, 5) is 12.6. The number of methoxy groups -OCH3 is 1. The van der Waals surface area contributed by atoms with E-state index in [-0.39, 0.29) is 10.9 Å². The molecule has 2 rings (SSSR count). The van der Waals surface area contributed by atoms with Crippen molar-refractivity contribution in [2.75, 3.05) is 12.4 Å². The van der Waals surface area contributed by atoms with Gasteiger partial charge in [-0.25, -0.2) is 0 Å². The molecule has 3 N–H and O–H groups in total. The number of amides is 1. The van der Waals surface area contributed by atoms with Crippen molar-refractivity contribution in [1.82, 2.24) is 9.78 Å². The summed E-state index contributed by atoms with van der Waals surface area (Å²) in [5.74, 6) is 0.643. The first kappa shape index (κ1) is 15.0. The predicted molar refractivity (Wildman–Crippen MR) is 84.8 cm³/mol. The lowest BCUT2D eigenvalue weighted by molar-refractivity contribution is 0.102. The van der Waals surface area contributed by atoms with Gasteiger partial charge < -0.3 is 15.8 Å². The van der Waals surface area contributed by atoms with Crippen LogP contribution in [0.15, 0.2) is 24.4 Å². The topological polar surface area (TPSA) is 82.2 Å². The van der Waals surface area contributed by atoms with Gasteiger partial charge in [-0.1, -0.05) is 23.8 Å². The molecule has 1 aromatic heterocycles. The summed E-state index contributed by atoms with van der Waals surface area (Å²) in [6.07, 6.45) is 1.52. The van der Waals surface area contributed by atoms with Crippen LogP contribution < -0.4 is 15.8 Å². The van der Waals surface area contributed by atoms with Gasteiger partial charge in [-0.05, 0) is 19.1 Å². The maximum absolute atomic E-state index is 12.5. The quantitative estimate of drug-likeness (QED) is 0.839. The van der Waals surface area contributed by atoms with Crippen molar-refractivity contribution in [3.05, 3.63) is 41.1 Å². The van der Waals surface area contributed by atoms with Crippen molar-refractivity contribution in [2.24, 2.45) is 12.8 Å². The number of carbonyl (C=O) groups excluding carboxylic acids is 1. The van der Waals surface area contributed by atoms with Crippen LogP contribution in [0.2, 0.25) is 0 Å².